The Kier molecular flexibility index (Phi) is 24.0. The van der Waals surface area contributed by atoms with Crippen molar-refractivity contribution in [3.05, 3.63) is 35.6 Å². The molecule has 1 aromatic rings. The Hall–Kier alpha value is -1.05. The molecule has 1 rings (SSSR count). The zero-order valence-electron chi connectivity index (χ0n) is 16.4. The van der Waals surface area contributed by atoms with Crippen LogP contribution in [0.1, 0.15) is 18.9 Å². The summed E-state index contributed by atoms with van der Waals surface area (Å²) in [6.45, 7) is 8.92. The summed E-state index contributed by atoms with van der Waals surface area (Å²) in [5.74, 6) is -0.162. The quantitative estimate of drug-likeness (QED) is 0.564. The van der Waals surface area contributed by atoms with Crippen LogP contribution < -0.4 is 0 Å². The lowest BCUT2D eigenvalue weighted by atomic mass is 10.2. The summed E-state index contributed by atoms with van der Waals surface area (Å²) in [7, 11) is 5.00. The molecule has 0 N–H and O–H groups in total. The molecule has 0 unspecified atom stereocenters. The van der Waals surface area contributed by atoms with Gasteiger partial charge in [-0.25, -0.2) is 4.39 Å². The molecule has 6 heteroatoms. The molecule has 0 bridgehead atoms. The van der Waals surface area contributed by atoms with Gasteiger partial charge in [-0.2, -0.15) is 0 Å². The monoisotopic (exact) mass is 362 g/mol. The summed E-state index contributed by atoms with van der Waals surface area (Å²) >= 11 is 0. The number of aryl methyl sites for hydroxylation is 1. The van der Waals surface area contributed by atoms with Crippen LogP contribution in [-0.4, -0.2) is 67.6 Å². The van der Waals surface area contributed by atoms with Crippen LogP contribution in [0.3, 0.4) is 0 Å². The third kappa shape index (κ3) is 25.3. The standard InChI is InChI=1S/C8H18O3.C7H7F.C4H10O2/c1-3-10-7-8-11-6-4-5-9-2;1-6-3-2-4-7(8)5-6;1-5-3-4-6-2/h3-8H2,1-2H3;2-5H,1H3;3-4H2,1-2H3. The number of ether oxygens (including phenoxy) is 5. The van der Waals surface area contributed by atoms with Crippen LogP contribution in [0.25, 0.3) is 0 Å². The van der Waals surface area contributed by atoms with E-state index in [1.807, 2.05) is 19.9 Å². The molecule has 5 nitrogen and oxygen atoms in total. The highest BCUT2D eigenvalue weighted by Gasteiger charge is 1.88. The molecule has 25 heavy (non-hydrogen) atoms. The molecule has 0 saturated heterocycles. The first-order chi connectivity index (χ1) is 12.1. The fourth-order valence-electron chi connectivity index (χ4n) is 1.44. The molecule has 0 heterocycles. The van der Waals surface area contributed by atoms with Gasteiger partial charge < -0.3 is 23.7 Å². The van der Waals surface area contributed by atoms with Gasteiger partial charge in [0.1, 0.15) is 5.82 Å². The lowest BCUT2D eigenvalue weighted by Gasteiger charge is -2.03. The van der Waals surface area contributed by atoms with Gasteiger partial charge in [-0.1, -0.05) is 12.1 Å². The van der Waals surface area contributed by atoms with Gasteiger partial charge >= 0.3 is 0 Å². The van der Waals surface area contributed by atoms with Gasteiger partial charge in [0, 0.05) is 41.2 Å². The Balaban J connectivity index is 0. The summed E-state index contributed by atoms with van der Waals surface area (Å²) in [4.78, 5) is 0. The number of hydrogen-bond donors (Lipinski definition) is 0. The normalized spacial score (nSPS) is 9.68. The van der Waals surface area contributed by atoms with E-state index in [2.05, 4.69) is 9.47 Å². The minimum absolute atomic E-state index is 0.162. The molecule has 0 aliphatic rings. The third-order valence-corrected chi connectivity index (χ3v) is 2.68. The summed E-state index contributed by atoms with van der Waals surface area (Å²) in [5, 5.41) is 0. The maximum absolute atomic E-state index is 12.2. The Morgan fingerprint density at radius 2 is 1.40 bits per heavy atom. The number of methoxy groups -OCH3 is 3. The van der Waals surface area contributed by atoms with Gasteiger partial charge in [-0.05, 0) is 38.0 Å². The first-order valence-electron chi connectivity index (χ1n) is 8.46. The Bertz CT molecular complexity index is 334. The smallest absolute Gasteiger partial charge is 0.123 e. The third-order valence-electron chi connectivity index (χ3n) is 2.68. The Morgan fingerprint density at radius 1 is 0.800 bits per heavy atom. The molecule has 0 radical (unpaired) electrons. The van der Waals surface area contributed by atoms with Gasteiger partial charge in [-0.15, -0.1) is 0 Å². The minimum Gasteiger partial charge on any atom is -0.385 e. The molecule has 148 valence electrons. The topological polar surface area (TPSA) is 46.2 Å². The fraction of sp³-hybridized carbons (Fsp3) is 0.684. The van der Waals surface area contributed by atoms with Gasteiger partial charge in [0.2, 0.25) is 0 Å². The largest absolute Gasteiger partial charge is 0.385 e. The van der Waals surface area contributed by atoms with Crippen LogP contribution in [0.15, 0.2) is 24.3 Å². The molecule has 0 spiro atoms. The van der Waals surface area contributed by atoms with Gasteiger partial charge in [0.15, 0.2) is 0 Å². The Labute approximate surface area is 152 Å². The average Bonchev–Trinajstić information content (AvgIpc) is 2.60. The lowest BCUT2D eigenvalue weighted by molar-refractivity contribution is 0.0441. The van der Waals surface area contributed by atoms with E-state index in [0.29, 0.717) is 26.4 Å². The summed E-state index contributed by atoms with van der Waals surface area (Å²) in [6.07, 6.45) is 0.961. The van der Waals surface area contributed by atoms with E-state index in [-0.39, 0.29) is 5.82 Å². The maximum Gasteiger partial charge on any atom is 0.123 e. The van der Waals surface area contributed by atoms with E-state index in [0.717, 1.165) is 31.8 Å². The van der Waals surface area contributed by atoms with Crippen molar-refractivity contribution in [3.8, 4) is 0 Å². The second kappa shape index (κ2) is 22.9. The van der Waals surface area contributed by atoms with Crippen LogP contribution in [0.5, 0.6) is 0 Å². The van der Waals surface area contributed by atoms with Crippen molar-refractivity contribution in [2.45, 2.75) is 20.3 Å². The molecular weight excluding hydrogens is 327 g/mol. The van der Waals surface area contributed by atoms with E-state index >= 15 is 0 Å². The van der Waals surface area contributed by atoms with E-state index in [1.54, 1.807) is 27.4 Å². The first kappa shape index (κ1) is 26.2. The molecule has 0 fully saturated rings. The summed E-state index contributed by atoms with van der Waals surface area (Å²) < 4.78 is 36.7. The second-order valence-corrected chi connectivity index (χ2v) is 4.94. The zero-order chi connectivity index (χ0) is 19.2. The predicted octanol–water partition coefficient (Wildman–Crippen LogP) is 3.49. The summed E-state index contributed by atoms with van der Waals surface area (Å²) in [5.41, 5.74) is 0.963. The van der Waals surface area contributed by atoms with Crippen molar-refractivity contribution in [2.24, 2.45) is 0 Å². The number of rotatable bonds is 11. The maximum atomic E-state index is 12.2. The first-order valence-corrected chi connectivity index (χ1v) is 8.46. The number of benzene rings is 1. The minimum atomic E-state index is -0.162. The van der Waals surface area contributed by atoms with Gasteiger partial charge in [0.05, 0.1) is 26.4 Å². The molecular formula is C19H35FO5. The van der Waals surface area contributed by atoms with Crippen molar-refractivity contribution < 1.29 is 28.1 Å². The van der Waals surface area contributed by atoms with Crippen molar-refractivity contribution in [1.82, 2.24) is 0 Å². The number of hydrogen-bond acceptors (Lipinski definition) is 5. The number of halogens is 1. The highest BCUT2D eigenvalue weighted by molar-refractivity contribution is 5.13. The van der Waals surface area contributed by atoms with E-state index < -0.39 is 0 Å². The average molecular weight is 362 g/mol. The van der Waals surface area contributed by atoms with Crippen molar-refractivity contribution in [3.63, 3.8) is 0 Å². The second-order valence-electron chi connectivity index (χ2n) is 4.94. The Morgan fingerprint density at radius 3 is 1.84 bits per heavy atom. The highest BCUT2D eigenvalue weighted by atomic mass is 19.1. The molecule has 0 aliphatic heterocycles. The van der Waals surface area contributed by atoms with Crippen LogP contribution >= 0.6 is 0 Å². The van der Waals surface area contributed by atoms with E-state index in [1.165, 1.54) is 12.1 Å². The van der Waals surface area contributed by atoms with Crippen LogP contribution in [-0.2, 0) is 23.7 Å². The van der Waals surface area contributed by atoms with E-state index in [9.17, 15) is 4.39 Å². The molecule has 0 aromatic heterocycles. The fourth-order valence-corrected chi connectivity index (χ4v) is 1.44. The summed E-state index contributed by atoms with van der Waals surface area (Å²) in [6, 6.07) is 6.50. The highest BCUT2D eigenvalue weighted by Crippen LogP contribution is 1.99. The van der Waals surface area contributed by atoms with Crippen molar-refractivity contribution >= 4 is 0 Å². The van der Waals surface area contributed by atoms with Crippen LogP contribution in [0, 0.1) is 12.7 Å². The zero-order valence-corrected chi connectivity index (χ0v) is 16.4. The van der Waals surface area contributed by atoms with Crippen LogP contribution in [0.4, 0.5) is 4.39 Å². The molecule has 0 saturated carbocycles. The van der Waals surface area contributed by atoms with Gasteiger partial charge in [-0.3, -0.25) is 0 Å². The molecule has 0 atom stereocenters. The molecule has 0 aliphatic carbocycles. The van der Waals surface area contributed by atoms with Crippen LogP contribution in [0.2, 0.25) is 0 Å². The SMILES string of the molecule is CCOCCOCCCOC.COCCOC.Cc1cccc(F)c1. The van der Waals surface area contributed by atoms with E-state index in [4.69, 9.17) is 14.2 Å². The van der Waals surface area contributed by atoms with Crippen molar-refractivity contribution in [1.29, 1.82) is 0 Å². The lowest BCUT2D eigenvalue weighted by Crippen LogP contribution is -2.06. The van der Waals surface area contributed by atoms with Crippen molar-refractivity contribution in [2.75, 3.05) is 67.6 Å². The predicted molar refractivity (Wildman–Crippen MR) is 98.7 cm³/mol. The van der Waals surface area contributed by atoms with Gasteiger partial charge in [0.25, 0.3) is 0 Å². The molecule has 1 aromatic carbocycles. The molecule has 0 amide bonds.